The van der Waals surface area contributed by atoms with E-state index in [9.17, 15) is 4.79 Å². The van der Waals surface area contributed by atoms with Crippen LogP contribution >= 0.6 is 0 Å². The van der Waals surface area contributed by atoms with E-state index in [1.54, 1.807) is 0 Å². The normalized spacial score (nSPS) is 20.8. The summed E-state index contributed by atoms with van der Waals surface area (Å²) < 4.78 is 5.58. The molecule has 4 rings (SSSR count). The van der Waals surface area contributed by atoms with Gasteiger partial charge in [-0.2, -0.15) is 0 Å². The molecule has 3 heteroatoms. The minimum atomic E-state index is -0.441. The average molecular weight is 291 g/mol. The molecule has 2 aromatic carbocycles. The van der Waals surface area contributed by atoms with Crippen LogP contribution in [0.25, 0.3) is 0 Å². The molecule has 22 heavy (non-hydrogen) atoms. The summed E-state index contributed by atoms with van der Waals surface area (Å²) in [5, 5.41) is 2.76. The first-order valence-corrected chi connectivity index (χ1v) is 7.58. The highest BCUT2D eigenvalue weighted by atomic mass is 16.6. The Hall–Kier alpha value is -2.55. The molecule has 110 valence electrons. The molecule has 0 saturated carbocycles. The first-order chi connectivity index (χ1) is 10.7. The Balaban J connectivity index is 1.59. The SMILES string of the molecule is Cc1ccc(OC(=O)Nc2ccccc2)c2c1C1C=CC2C1. The molecule has 2 aliphatic rings. The summed E-state index contributed by atoms with van der Waals surface area (Å²) in [6, 6.07) is 13.3. The number of allylic oxidation sites excluding steroid dienone is 2. The third-order valence-electron chi connectivity index (χ3n) is 4.51. The number of carbonyl (C=O) groups excluding carboxylic acids is 1. The molecule has 2 atom stereocenters. The number of fused-ring (bicyclic) bond motifs is 5. The van der Waals surface area contributed by atoms with Crippen molar-refractivity contribution in [1.82, 2.24) is 0 Å². The van der Waals surface area contributed by atoms with Crippen LogP contribution in [0.5, 0.6) is 5.75 Å². The molecule has 1 amide bonds. The van der Waals surface area contributed by atoms with Crippen molar-refractivity contribution in [2.45, 2.75) is 25.2 Å². The quantitative estimate of drug-likeness (QED) is 0.811. The first kappa shape index (κ1) is 13.1. The van der Waals surface area contributed by atoms with Crippen LogP contribution in [0.3, 0.4) is 0 Å². The maximum absolute atomic E-state index is 12.1. The van der Waals surface area contributed by atoms with Crippen LogP contribution in [0.4, 0.5) is 10.5 Å². The van der Waals surface area contributed by atoms with Gasteiger partial charge in [0.15, 0.2) is 0 Å². The van der Waals surface area contributed by atoms with Crippen molar-refractivity contribution in [1.29, 1.82) is 0 Å². The van der Waals surface area contributed by atoms with E-state index < -0.39 is 6.09 Å². The van der Waals surface area contributed by atoms with Crippen LogP contribution in [0.1, 0.15) is 34.9 Å². The standard InChI is InChI=1S/C19H17NO2/c1-12-7-10-16(18-14-9-8-13(11-14)17(12)18)22-19(21)20-15-5-3-2-4-6-15/h2-10,13-14H,11H2,1H3,(H,20,21). The van der Waals surface area contributed by atoms with E-state index >= 15 is 0 Å². The highest BCUT2D eigenvalue weighted by Gasteiger charge is 2.36. The molecule has 0 saturated heterocycles. The lowest BCUT2D eigenvalue weighted by atomic mass is 9.92. The second-order valence-corrected chi connectivity index (χ2v) is 5.92. The minimum absolute atomic E-state index is 0.388. The molecule has 3 nitrogen and oxygen atoms in total. The molecule has 2 aliphatic carbocycles. The number of anilines is 1. The Morgan fingerprint density at radius 2 is 1.77 bits per heavy atom. The van der Waals surface area contributed by atoms with Crippen LogP contribution < -0.4 is 10.1 Å². The minimum Gasteiger partial charge on any atom is -0.410 e. The molecular formula is C19H17NO2. The van der Waals surface area contributed by atoms with Gasteiger partial charge in [-0.25, -0.2) is 4.79 Å². The fraction of sp³-hybridized carbons (Fsp3) is 0.211. The first-order valence-electron chi connectivity index (χ1n) is 7.58. The molecule has 0 aliphatic heterocycles. The van der Waals surface area contributed by atoms with E-state index in [4.69, 9.17) is 4.74 Å². The molecule has 2 unspecified atom stereocenters. The van der Waals surface area contributed by atoms with Crippen molar-refractivity contribution in [3.63, 3.8) is 0 Å². The Bertz CT molecular complexity index is 765. The van der Waals surface area contributed by atoms with Gasteiger partial charge in [0.2, 0.25) is 0 Å². The highest BCUT2D eigenvalue weighted by Crippen LogP contribution is 2.52. The van der Waals surface area contributed by atoms with Crippen molar-refractivity contribution >= 4 is 11.8 Å². The van der Waals surface area contributed by atoms with E-state index in [2.05, 4.69) is 24.4 Å². The maximum atomic E-state index is 12.1. The van der Waals surface area contributed by atoms with Crippen molar-refractivity contribution in [3.05, 3.63) is 71.3 Å². The number of benzene rings is 2. The van der Waals surface area contributed by atoms with Gasteiger partial charge in [-0.15, -0.1) is 0 Å². The summed E-state index contributed by atoms with van der Waals surface area (Å²) in [4.78, 5) is 12.1. The third kappa shape index (κ3) is 2.10. The predicted octanol–water partition coefficient (Wildman–Crippen LogP) is 4.75. The van der Waals surface area contributed by atoms with Crippen LogP contribution in [0.15, 0.2) is 54.6 Å². The van der Waals surface area contributed by atoms with Crippen molar-refractivity contribution < 1.29 is 9.53 Å². The number of hydrogen-bond acceptors (Lipinski definition) is 2. The largest absolute Gasteiger partial charge is 0.417 e. The van der Waals surface area contributed by atoms with Crippen LogP contribution in [0.2, 0.25) is 0 Å². The fourth-order valence-corrected chi connectivity index (χ4v) is 3.58. The van der Waals surface area contributed by atoms with Gasteiger partial charge in [0.1, 0.15) is 5.75 Å². The summed E-state index contributed by atoms with van der Waals surface area (Å²) in [6.45, 7) is 2.13. The van der Waals surface area contributed by atoms with Gasteiger partial charge < -0.3 is 4.74 Å². The zero-order valence-corrected chi connectivity index (χ0v) is 12.4. The average Bonchev–Trinajstić information content (AvgIpc) is 3.13. The van der Waals surface area contributed by atoms with E-state index in [1.165, 1.54) is 16.7 Å². The van der Waals surface area contributed by atoms with Crippen molar-refractivity contribution in [2.24, 2.45) is 0 Å². The third-order valence-corrected chi connectivity index (χ3v) is 4.51. The van der Waals surface area contributed by atoms with E-state index in [1.807, 2.05) is 42.5 Å². The van der Waals surface area contributed by atoms with Gasteiger partial charge in [0.25, 0.3) is 0 Å². The number of rotatable bonds is 2. The number of ether oxygens (including phenoxy) is 1. The zero-order valence-electron chi connectivity index (χ0n) is 12.4. The molecule has 2 aromatic rings. The van der Waals surface area contributed by atoms with E-state index in [0.717, 1.165) is 12.1 Å². The fourth-order valence-electron chi connectivity index (χ4n) is 3.58. The monoisotopic (exact) mass is 291 g/mol. The summed E-state index contributed by atoms with van der Waals surface area (Å²) in [7, 11) is 0. The number of para-hydroxylation sites is 1. The Kier molecular flexibility index (Phi) is 3.00. The number of nitrogens with one attached hydrogen (secondary N) is 1. The zero-order chi connectivity index (χ0) is 15.1. The van der Waals surface area contributed by atoms with Gasteiger partial charge in [0, 0.05) is 23.1 Å². The lowest BCUT2D eigenvalue weighted by molar-refractivity contribution is 0.214. The Morgan fingerprint density at radius 3 is 2.55 bits per heavy atom. The van der Waals surface area contributed by atoms with Gasteiger partial charge in [-0.3, -0.25) is 5.32 Å². The molecule has 0 heterocycles. The smallest absolute Gasteiger partial charge is 0.410 e. The molecular weight excluding hydrogens is 274 g/mol. The molecule has 1 N–H and O–H groups in total. The predicted molar refractivity (Wildman–Crippen MR) is 86.5 cm³/mol. The van der Waals surface area contributed by atoms with Gasteiger partial charge >= 0.3 is 6.09 Å². The summed E-state index contributed by atoms with van der Waals surface area (Å²) >= 11 is 0. The number of aryl methyl sites for hydroxylation is 1. The summed E-state index contributed by atoms with van der Waals surface area (Å²) in [5.74, 6) is 1.56. The van der Waals surface area contributed by atoms with Gasteiger partial charge in [0.05, 0.1) is 0 Å². The second-order valence-electron chi connectivity index (χ2n) is 5.92. The lowest BCUT2D eigenvalue weighted by Crippen LogP contribution is -2.18. The van der Waals surface area contributed by atoms with Crippen LogP contribution in [0, 0.1) is 6.92 Å². The van der Waals surface area contributed by atoms with E-state index in [0.29, 0.717) is 17.6 Å². The van der Waals surface area contributed by atoms with Crippen LogP contribution in [-0.2, 0) is 0 Å². The summed E-state index contributed by atoms with van der Waals surface area (Å²) in [6.07, 6.45) is 5.17. The second kappa shape index (κ2) is 5.02. The number of amides is 1. The molecule has 0 radical (unpaired) electrons. The summed E-state index contributed by atoms with van der Waals surface area (Å²) in [5.41, 5.74) is 4.55. The number of carbonyl (C=O) groups is 1. The molecule has 0 fully saturated rings. The Labute approximate surface area is 129 Å². The topological polar surface area (TPSA) is 38.3 Å². The maximum Gasteiger partial charge on any atom is 0.417 e. The van der Waals surface area contributed by atoms with E-state index in [-0.39, 0.29) is 0 Å². The lowest BCUT2D eigenvalue weighted by Gasteiger charge is -2.17. The molecule has 0 aromatic heterocycles. The van der Waals surface area contributed by atoms with Crippen molar-refractivity contribution in [2.75, 3.05) is 5.32 Å². The molecule has 0 spiro atoms. The van der Waals surface area contributed by atoms with Crippen LogP contribution in [-0.4, -0.2) is 6.09 Å². The highest BCUT2D eigenvalue weighted by molar-refractivity contribution is 5.86. The van der Waals surface area contributed by atoms with Gasteiger partial charge in [-0.1, -0.05) is 36.4 Å². The molecule has 2 bridgehead atoms. The van der Waals surface area contributed by atoms with Gasteiger partial charge in [-0.05, 0) is 42.7 Å². The Morgan fingerprint density at radius 1 is 1.05 bits per heavy atom. The number of hydrogen-bond donors (Lipinski definition) is 1. The van der Waals surface area contributed by atoms with Crippen molar-refractivity contribution in [3.8, 4) is 5.75 Å².